The maximum absolute atomic E-state index is 6.26. The standard InChI is InChI=1S/C15H11Cl2N3O/c1-8-7-9(5-6-19-8)14-13(15(18)21-20-14)12-10(16)3-2-4-11(12)17/h2-7H,18H2,1H3. The van der Waals surface area contributed by atoms with Crippen LogP contribution in [0.2, 0.25) is 10.0 Å². The summed E-state index contributed by atoms with van der Waals surface area (Å²) in [5, 5.41) is 5.02. The summed E-state index contributed by atoms with van der Waals surface area (Å²) in [6, 6.07) is 8.99. The van der Waals surface area contributed by atoms with Crippen molar-refractivity contribution < 1.29 is 4.52 Å². The fraction of sp³-hybridized carbons (Fsp3) is 0.0667. The number of benzene rings is 1. The lowest BCUT2D eigenvalue weighted by Crippen LogP contribution is -1.90. The van der Waals surface area contributed by atoms with Gasteiger partial charge in [-0.1, -0.05) is 34.4 Å². The molecule has 4 nitrogen and oxygen atoms in total. The van der Waals surface area contributed by atoms with Gasteiger partial charge in [-0.05, 0) is 31.2 Å². The van der Waals surface area contributed by atoms with E-state index in [0.29, 0.717) is 26.9 Å². The van der Waals surface area contributed by atoms with E-state index >= 15 is 0 Å². The van der Waals surface area contributed by atoms with E-state index in [-0.39, 0.29) is 5.88 Å². The average molecular weight is 320 g/mol. The van der Waals surface area contributed by atoms with Crippen LogP contribution in [0.15, 0.2) is 41.1 Å². The number of nitrogens with zero attached hydrogens (tertiary/aromatic N) is 2. The van der Waals surface area contributed by atoms with Gasteiger partial charge in [0, 0.05) is 23.0 Å². The highest BCUT2D eigenvalue weighted by molar-refractivity contribution is 6.39. The number of rotatable bonds is 2. The van der Waals surface area contributed by atoms with Crippen LogP contribution in [0.5, 0.6) is 0 Å². The molecule has 0 saturated carbocycles. The summed E-state index contributed by atoms with van der Waals surface area (Å²) in [4.78, 5) is 4.17. The Kier molecular flexibility index (Phi) is 3.57. The molecule has 0 unspecified atom stereocenters. The van der Waals surface area contributed by atoms with E-state index in [4.69, 9.17) is 33.5 Å². The van der Waals surface area contributed by atoms with Gasteiger partial charge in [-0.3, -0.25) is 4.98 Å². The van der Waals surface area contributed by atoms with Crippen molar-refractivity contribution in [2.45, 2.75) is 6.92 Å². The number of hydrogen-bond acceptors (Lipinski definition) is 4. The Labute approximate surface area is 131 Å². The lowest BCUT2D eigenvalue weighted by molar-refractivity contribution is 0.439. The summed E-state index contributed by atoms with van der Waals surface area (Å²) in [7, 11) is 0. The highest BCUT2D eigenvalue weighted by atomic mass is 35.5. The summed E-state index contributed by atoms with van der Waals surface area (Å²) in [5.74, 6) is 0.175. The maximum atomic E-state index is 6.26. The second kappa shape index (κ2) is 5.39. The second-order valence-corrected chi connectivity index (χ2v) is 5.37. The largest absolute Gasteiger partial charge is 0.367 e. The van der Waals surface area contributed by atoms with E-state index in [0.717, 1.165) is 11.3 Å². The average Bonchev–Trinajstić information content (AvgIpc) is 2.81. The van der Waals surface area contributed by atoms with Crippen molar-refractivity contribution in [2.24, 2.45) is 0 Å². The van der Waals surface area contributed by atoms with E-state index in [1.54, 1.807) is 24.4 Å². The third kappa shape index (κ3) is 2.48. The SMILES string of the molecule is Cc1cc(-c2noc(N)c2-c2c(Cl)cccc2Cl)ccn1. The zero-order valence-corrected chi connectivity index (χ0v) is 12.6. The molecule has 3 rings (SSSR count). The van der Waals surface area contributed by atoms with E-state index in [1.807, 2.05) is 19.1 Å². The molecule has 0 saturated heterocycles. The third-order valence-corrected chi connectivity index (χ3v) is 3.73. The Balaban J connectivity index is 2.28. The Morgan fingerprint density at radius 3 is 2.48 bits per heavy atom. The normalized spacial score (nSPS) is 10.8. The van der Waals surface area contributed by atoms with Crippen molar-refractivity contribution >= 4 is 29.1 Å². The molecule has 21 heavy (non-hydrogen) atoms. The minimum absolute atomic E-state index is 0.175. The van der Waals surface area contributed by atoms with Crippen molar-refractivity contribution in [1.29, 1.82) is 0 Å². The zero-order valence-electron chi connectivity index (χ0n) is 11.1. The summed E-state index contributed by atoms with van der Waals surface area (Å²) in [5.41, 5.74) is 9.43. The fourth-order valence-electron chi connectivity index (χ4n) is 2.17. The topological polar surface area (TPSA) is 64.9 Å². The molecule has 0 atom stereocenters. The van der Waals surface area contributed by atoms with Gasteiger partial charge in [0.25, 0.3) is 0 Å². The van der Waals surface area contributed by atoms with Gasteiger partial charge in [0.05, 0.1) is 15.6 Å². The first-order valence-corrected chi connectivity index (χ1v) is 6.96. The van der Waals surface area contributed by atoms with Crippen molar-refractivity contribution in [3.63, 3.8) is 0 Å². The van der Waals surface area contributed by atoms with E-state index < -0.39 is 0 Å². The molecule has 0 fully saturated rings. The smallest absolute Gasteiger partial charge is 0.230 e. The highest BCUT2D eigenvalue weighted by Crippen LogP contribution is 2.43. The van der Waals surface area contributed by atoms with Crippen molar-refractivity contribution in [3.8, 4) is 22.4 Å². The van der Waals surface area contributed by atoms with Crippen molar-refractivity contribution in [2.75, 3.05) is 5.73 Å². The molecule has 0 spiro atoms. The zero-order chi connectivity index (χ0) is 15.0. The van der Waals surface area contributed by atoms with Gasteiger partial charge in [0.1, 0.15) is 5.69 Å². The van der Waals surface area contributed by atoms with Crippen LogP contribution >= 0.6 is 23.2 Å². The van der Waals surface area contributed by atoms with Crippen LogP contribution in [-0.4, -0.2) is 10.1 Å². The van der Waals surface area contributed by atoms with Crippen LogP contribution in [0.1, 0.15) is 5.69 Å². The van der Waals surface area contributed by atoms with E-state index in [2.05, 4.69) is 10.1 Å². The minimum Gasteiger partial charge on any atom is -0.367 e. The number of hydrogen-bond donors (Lipinski definition) is 1. The predicted octanol–water partition coefficient (Wildman–Crippen LogP) is 4.60. The molecule has 2 N–H and O–H groups in total. The summed E-state index contributed by atoms with van der Waals surface area (Å²) in [6.07, 6.45) is 1.70. The number of nitrogens with two attached hydrogens (primary N) is 1. The Bertz CT molecular complexity index is 794. The molecule has 0 aliphatic rings. The first kappa shape index (κ1) is 13.9. The maximum Gasteiger partial charge on any atom is 0.230 e. The van der Waals surface area contributed by atoms with Crippen LogP contribution < -0.4 is 5.73 Å². The van der Waals surface area contributed by atoms with Crippen LogP contribution in [-0.2, 0) is 0 Å². The molecule has 106 valence electrons. The molecule has 0 bridgehead atoms. The molecular weight excluding hydrogens is 309 g/mol. The van der Waals surface area contributed by atoms with Crippen LogP contribution in [0.3, 0.4) is 0 Å². The number of aryl methyl sites for hydroxylation is 1. The van der Waals surface area contributed by atoms with Crippen LogP contribution in [0.4, 0.5) is 5.88 Å². The van der Waals surface area contributed by atoms with Crippen molar-refractivity contribution in [1.82, 2.24) is 10.1 Å². The molecule has 6 heteroatoms. The molecule has 2 aromatic heterocycles. The van der Waals surface area contributed by atoms with E-state index in [9.17, 15) is 0 Å². The van der Waals surface area contributed by atoms with Crippen molar-refractivity contribution in [3.05, 3.63) is 52.3 Å². The van der Waals surface area contributed by atoms with Gasteiger partial charge in [-0.25, -0.2) is 0 Å². The van der Waals surface area contributed by atoms with Crippen LogP contribution in [0.25, 0.3) is 22.4 Å². The van der Waals surface area contributed by atoms with Gasteiger partial charge in [-0.2, -0.15) is 0 Å². The lowest BCUT2D eigenvalue weighted by atomic mass is 10.0. The van der Waals surface area contributed by atoms with Gasteiger partial charge in [-0.15, -0.1) is 0 Å². The number of nitrogen functional groups attached to an aromatic ring is 1. The number of pyridine rings is 1. The van der Waals surface area contributed by atoms with Gasteiger partial charge >= 0.3 is 0 Å². The number of aromatic nitrogens is 2. The molecular formula is C15H11Cl2N3O. The first-order valence-electron chi connectivity index (χ1n) is 6.20. The van der Waals surface area contributed by atoms with E-state index in [1.165, 1.54) is 0 Å². The van der Waals surface area contributed by atoms with Gasteiger partial charge in [0.2, 0.25) is 5.88 Å². The first-order chi connectivity index (χ1) is 10.1. The summed E-state index contributed by atoms with van der Waals surface area (Å²) < 4.78 is 5.14. The molecule has 3 aromatic rings. The second-order valence-electron chi connectivity index (χ2n) is 4.55. The summed E-state index contributed by atoms with van der Waals surface area (Å²) >= 11 is 12.5. The molecule has 0 aliphatic carbocycles. The monoisotopic (exact) mass is 319 g/mol. The predicted molar refractivity (Wildman–Crippen MR) is 84.3 cm³/mol. The Hall–Kier alpha value is -2.04. The number of halogens is 2. The quantitative estimate of drug-likeness (QED) is 0.749. The Morgan fingerprint density at radius 1 is 1.10 bits per heavy atom. The van der Waals surface area contributed by atoms with Gasteiger partial charge in [0.15, 0.2) is 0 Å². The summed E-state index contributed by atoms with van der Waals surface area (Å²) in [6.45, 7) is 1.90. The minimum atomic E-state index is 0.175. The molecule has 0 amide bonds. The molecule has 2 heterocycles. The third-order valence-electron chi connectivity index (χ3n) is 3.10. The fourth-order valence-corrected chi connectivity index (χ4v) is 2.76. The Morgan fingerprint density at radius 2 is 1.81 bits per heavy atom. The lowest BCUT2D eigenvalue weighted by Gasteiger charge is -2.07. The number of anilines is 1. The highest BCUT2D eigenvalue weighted by Gasteiger charge is 2.22. The van der Waals surface area contributed by atoms with Crippen LogP contribution in [0, 0.1) is 6.92 Å². The van der Waals surface area contributed by atoms with Gasteiger partial charge < -0.3 is 10.3 Å². The molecule has 0 radical (unpaired) electrons. The molecule has 0 aliphatic heterocycles. The molecule has 1 aromatic carbocycles.